The number of fused-ring (bicyclic) bond motifs is 2. The smallest absolute Gasteiger partial charge is 0.146 e. The van der Waals surface area contributed by atoms with E-state index in [1.54, 1.807) is 0 Å². The summed E-state index contributed by atoms with van der Waals surface area (Å²) < 4.78 is 5.33. The Labute approximate surface area is 213 Å². The van der Waals surface area contributed by atoms with Crippen LogP contribution in [0.5, 0.6) is 0 Å². The predicted molar refractivity (Wildman–Crippen MR) is 147 cm³/mol. The van der Waals surface area contributed by atoms with Crippen molar-refractivity contribution in [3.05, 3.63) is 121 Å². The lowest BCUT2D eigenvalue weighted by atomic mass is 9.94. The van der Waals surface area contributed by atoms with Gasteiger partial charge in [0, 0.05) is 22.3 Å². The zero-order valence-electron chi connectivity index (χ0n) is 19.7. The summed E-state index contributed by atoms with van der Waals surface area (Å²) >= 11 is 0. The van der Waals surface area contributed by atoms with Crippen LogP contribution in [0.2, 0.25) is 0 Å². The molecule has 0 radical (unpaired) electrons. The highest BCUT2D eigenvalue weighted by Gasteiger charge is 2.25. The van der Waals surface area contributed by atoms with E-state index in [0.29, 0.717) is 11.0 Å². The number of nitrogens with zero attached hydrogens (tertiary/aromatic N) is 4. The Balaban J connectivity index is 1.70. The SMILES string of the molecule is c1ccc(-c2nc3c(-c4ccccc4)c4nonc4c(-c4ccccc4)c3nc2-c2ccccc2)cc1. The molecular weight excluding hydrogens is 456 g/mol. The second kappa shape index (κ2) is 8.81. The van der Waals surface area contributed by atoms with Crippen LogP contribution in [0.25, 0.3) is 66.8 Å². The van der Waals surface area contributed by atoms with Gasteiger partial charge >= 0.3 is 0 Å². The van der Waals surface area contributed by atoms with Gasteiger partial charge in [-0.25, -0.2) is 14.6 Å². The van der Waals surface area contributed by atoms with E-state index in [2.05, 4.69) is 58.8 Å². The quantitative estimate of drug-likeness (QED) is 0.259. The van der Waals surface area contributed by atoms with Crippen LogP contribution < -0.4 is 0 Å². The monoisotopic (exact) mass is 476 g/mol. The van der Waals surface area contributed by atoms with Gasteiger partial charge < -0.3 is 0 Å². The third kappa shape index (κ3) is 3.56. The number of hydrogen-bond acceptors (Lipinski definition) is 5. The molecule has 37 heavy (non-hydrogen) atoms. The van der Waals surface area contributed by atoms with Gasteiger partial charge in [-0.15, -0.1) is 0 Å². The fraction of sp³-hybridized carbons (Fsp3) is 0. The molecule has 0 aliphatic rings. The van der Waals surface area contributed by atoms with Gasteiger partial charge in [0.15, 0.2) is 0 Å². The van der Waals surface area contributed by atoms with Crippen molar-refractivity contribution in [2.45, 2.75) is 0 Å². The van der Waals surface area contributed by atoms with Gasteiger partial charge in [0.2, 0.25) is 0 Å². The molecule has 0 bridgehead atoms. The molecular formula is C32H20N4O. The fourth-order valence-corrected chi connectivity index (χ4v) is 4.88. The van der Waals surface area contributed by atoms with E-state index >= 15 is 0 Å². The molecule has 0 amide bonds. The van der Waals surface area contributed by atoms with Gasteiger partial charge in [-0.1, -0.05) is 121 Å². The third-order valence-electron chi connectivity index (χ3n) is 6.55. The highest BCUT2D eigenvalue weighted by atomic mass is 16.6. The second-order valence-electron chi connectivity index (χ2n) is 8.79. The van der Waals surface area contributed by atoms with Gasteiger partial charge in [-0.05, 0) is 21.4 Å². The van der Waals surface area contributed by atoms with Crippen LogP contribution in [0.15, 0.2) is 126 Å². The summed E-state index contributed by atoms with van der Waals surface area (Å²) in [5.74, 6) is 0. The molecule has 2 aromatic heterocycles. The topological polar surface area (TPSA) is 64.7 Å². The van der Waals surface area contributed by atoms with Crippen molar-refractivity contribution in [2.75, 3.05) is 0 Å². The van der Waals surface area contributed by atoms with Crippen molar-refractivity contribution in [3.8, 4) is 44.8 Å². The minimum Gasteiger partial charge on any atom is -0.243 e. The van der Waals surface area contributed by atoms with Crippen molar-refractivity contribution in [3.63, 3.8) is 0 Å². The molecule has 0 saturated carbocycles. The molecule has 0 unspecified atom stereocenters. The molecule has 0 spiro atoms. The largest absolute Gasteiger partial charge is 0.243 e. The zero-order chi connectivity index (χ0) is 24.6. The lowest BCUT2D eigenvalue weighted by Crippen LogP contribution is -2.00. The van der Waals surface area contributed by atoms with Gasteiger partial charge in [-0.2, -0.15) is 0 Å². The minimum absolute atomic E-state index is 0.665. The molecule has 0 aliphatic carbocycles. The van der Waals surface area contributed by atoms with Crippen molar-refractivity contribution in [1.29, 1.82) is 0 Å². The van der Waals surface area contributed by atoms with Crippen LogP contribution in [0, 0.1) is 0 Å². The number of aromatic nitrogens is 4. The Morgan fingerprint density at radius 3 is 1.03 bits per heavy atom. The van der Waals surface area contributed by atoms with E-state index in [4.69, 9.17) is 14.6 Å². The molecule has 5 heteroatoms. The summed E-state index contributed by atoms with van der Waals surface area (Å²) in [6, 6.07) is 40.6. The van der Waals surface area contributed by atoms with E-state index in [1.807, 2.05) is 72.8 Å². The lowest BCUT2D eigenvalue weighted by Gasteiger charge is -2.16. The summed E-state index contributed by atoms with van der Waals surface area (Å²) in [7, 11) is 0. The normalized spacial score (nSPS) is 11.2. The Morgan fingerprint density at radius 1 is 0.351 bits per heavy atom. The van der Waals surface area contributed by atoms with Gasteiger partial charge in [0.05, 0.1) is 11.4 Å². The van der Waals surface area contributed by atoms with Crippen LogP contribution in [-0.2, 0) is 0 Å². The van der Waals surface area contributed by atoms with Crippen molar-refractivity contribution in [2.24, 2.45) is 0 Å². The van der Waals surface area contributed by atoms with Crippen molar-refractivity contribution in [1.82, 2.24) is 20.3 Å². The first-order valence-corrected chi connectivity index (χ1v) is 12.1. The maximum absolute atomic E-state index is 5.34. The maximum atomic E-state index is 5.34. The maximum Gasteiger partial charge on any atom is 0.146 e. The Hall–Kier alpha value is -5.16. The van der Waals surface area contributed by atoms with E-state index in [0.717, 1.165) is 55.8 Å². The van der Waals surface area contributed by atoms with Crippen LogP contribution >= 0.6 is 0 Å². The van der Waals surface area contributed by atoms with Crippen LogP contribution in [-0.4, -0.2) is 20.3 Å². The molecule has 7 aromatic rings. The molecule has 5 aromatic carbocycles. The first-order valence-electron chi connectivity index (χ1n) is 12.1. The van der Waals surface area contributed by atoms with Crippen LogP contribution in [0.4, 0.5) is 0 Å². The minimum atomic E-state index is 0.665. The van der Waals surface area contributed by atoms with Gasteiger partial charge in [0.1, 0.15) is 22.1 Å². The molecule has 0 aliphatic heterocycles. The summed E-state index contributed by atoms with van der Waals surface area (Å²) in [5.41, 5.74) is 10.1. The summed E-state index contributed by atoms with van der Waals surface area (Å²) in [6.07, 6.45) is 0. The standard InChI is InChI=1S/C32H20N4O/c1-5-13-21(14-6-1)25-29-30(26(22-15-7-2-8-16-22)32-31(25)35-37-36-32)34-28(24-19-11-4-12-20-24)27(33-29)23-17-9-3-10-18-23/h1-20H. The summed E-state index contributed by atoms with van der Waals surface area (Å²) in [6.45, 7) is 0. The number of benzene rings is 5. The predicted octanol–water partition coefficient (Wildman–Crippen LogP) is 7.83. The lowest BCUT2D eigenvalue weighted by molar-refractivity contribution is 0.315. The number of hydrogen-bond donors (Lipinski definition) is 0. The highest BCUT2D eigenvalue weighted by molar-refractivity contribution is 6.17. The zero-order valence-corrected chi connectivity index (χ0v) is 19.7. The molecule has 0 N–H and O–H groups in total. The van der Waals surface area contributed by atoms with Crippen molar-refractivity contribution >= 4 is 22.1 Å². The molecule has 5 nitrogen and oxygen atoms in total. The van der Waals surface area contributed by atoms with Gasteiger partial charge in [-0.3, -0.25) is 0 Å². The second-order valence-corrected chi connectivity index (χ2v) is 8.79. The molecule has 0 saturated heterocycles. The highest BCUT2D eigenvalue weighted by Crippen LogP contribution is 2.43. The molecule has 7 rings (SSSR count). The molecule has 174 valence electrons. The summed E-state index contributed by atoms with van der Waals surface area (Å²) in [4.78, 5) is 10.7. The first-order chi connectivity index (χ1) is 18.4. The van der Waals surface area contributed by atoms with Gasteiger partial charge in [0.25, 0.3) is 0 Å². The Bertz CT molecular complexity index is 1710. The van der Waals surface area contributed by atoms with E-state index < -0.39 is 0 Å². The average Bonchev–Trinajstić information content (AvgIpc) is 3.46. The van der Waals surface area contributed by atoms with E-state index in [1.165, 1.54) is 0 Å². The first kappa shape index (κ1) is 21.1. The summed E-state index contributed by atoms with van der Waals surface area (Å²) in [5, 5.41) is 8.72. The average molecular weight is 477 g/mol. The van der Waals surface area contributed by atoms with Crippen molar-refractivity contribution < 1.29 is 4.63 Å². The number of rotatable bonds is 4. The third-order valence-corrected chi connectivity index (χ3v) is 6.55. The molecule has 2 heterocycles. The fourth-order valence-electron chi connectivity index (χ4n) is 4.88. The Morgan fingerprint density at radius 2 is 0.676 bits per heavy atom. The van der Waals surface area contributed by atoms with Crippen LogP contribution in [0.1, 0.15) is 0 Å². The van der Waals surface area contributed by atoms with E-state index in [-0.39, 0.29) is 0 Å². The molecule has 0 atom stereocenters. The van der Waals surface area contributed by atoms with Crippen LogP contribution in [0.3, 0.4) is 0 Å². The molecule has 0 fully saturated rings. The Kier molecular flexibility index (Phi) is 5.03. The van der Waals surface area contributed by atoms with E-state index in [9.17, 15) is 0 Å².